The second-order valence-electron chi connectivity index (χ2n) is 4.84. The smallest absolute Gasteiger partial charge is 0.288 e. The van der Waals surface area contributed by atoms with Crippen LogP contribution in [0.3, 0.4) is 0 Å². The highest BCUT2D eigenvalue weighted by atomic mass is 32.2. The van der Waals surface area contributed by atoms with Crippen LogP contribution >= 0.6 is 22.7 Å². The molecule has 1 heterocycles. The lowest BCUT2D eigenvalue weighted by Crippen LogP contribution is -2.37. The zero-order valence-corrected chi connectivity index (χ0v) is 10.3. The number of hydrogen-bond acceptors (Lipinski definition) is 5. The standard InChI is InChI=1S/C12H8O3S2/c13-8-6-4-1-2-5(3-4)7(6)9(14)11-10(8)16-12(15)17-11/h1-2,4-7H,3H2. The first kappa shape index (κ1) is 9.91. The van der Waals surface area contributed by atoms with Crippen LogP contribution in [-0.4, -0.2) is 11.6 Å². The third-order valence-electron chi connectivity index (χ3n) is 4.09. The van der Waals surface area contributed by atoms with Gasteiger partial charge in [-0.1, -0.05) is 34.8 Å². The van der Waals surface area contributed by atoms with Gasteiger partial charge in [-0.15, -0.1) is 0 Å². The van der Waals surface area contributed by atoms with Gasteiger partial charge in [-0.05, 0) is 18.3 Å². The summed E-state index contributed by atoms with van der Waals surface area (Å²) in [5.41, 5.74) is 0. The van der Waals surface area contributed by atoms with Crippen molar-refractivity contribution in [1.82, 2.24) is 0 Å². The van der Waals surface area contributed by atoms with E-state index in [1.165, 1.54) is 0 Å². The summed E-state index contributed by atoms with van der Waals surface area (Å²) in [4.78, 5) is 36.9. The molecule has 1 aromatic heterocycles. The molecule has 3 nitrogen and oxygen atoms in total. The minimum Gasteiger partial charge on any atom is -0.293 e. The first-order chi connectivity index (χ1) is 8.16. The van der Waals surface area contributed by atoms with Crippen LogP contribution < -0.4 is 4.06 Å². The highest BCUT2D eigenvalue weighted by molar-refractivity contribution is 7.30. The third kappa shape index (κ3) is 1.09. The normalized spacial score (nSPS) is 37.4. The van der Waals surface area contributed by atoms with E-state index in [0.717, 1.165) is 29.1 Å². The predicted molar refractivity (Wildman–Crippen MR) is 64.8 cm³/mol. The Morgan fingerprint density at radius 1 is 0.882 bits per heavy atom. The van der Waals surface area contributed by atoms with Crippen molar-refractivity contribution in [2.45, 2.75) is 6.42 Å². The van der Waals surface area contributed by atoms with Crippen molar-refractivity contribution in [3.8, 4) is 0 Å². The molecule has 0 saturated heterocycles. The van der Waals surface area contributed by atoms with Crippen LogP contribution in [0.4, 0.5) is 0 Å². The Bertz CT molecular complexity index is 586. The SMILES string of the molecule is O=C1c2sc(=O)sc2C(=O)C2C3C=CC(C3)C12. The van der Waals surface area contributed by atoms with E-state index in [-0.39, 0.29) is 39.3 Å². The summed E-state index contributed by atoms with van der Waals surface area (Å²) in [6.45, 7) is 0. The highest BCUT2D eigenvalue weighted by Gasteiger charge is 2.55. The van der Waals surface area contributed by atoms with Crippen LogP contribution in [0.5, 0.6) is 0 Å². The van der Waals surface area contributed by atoms with Gasteiger partial charge in [0.25, 0.3) is 4.06 Å². The van der Waals surface area contributed by atoms with Crippen LogP contribution in [0, 0.1) is 23.7 Å². The maximum Gasteiger partial charge on any atom is 0.288 e. The summed E-state index contributed by atoms with van der Waals surface area (Å²) in [7, 11) is 0. The number of carbonyl (C=O) groups excluding carboxylic acids is 2. The predicted octanol–water partition coefficient (Wildman–Crippen LogP) is 1.99. The Kier molecular flexibility index (Phi) is 1.77. The number of carbonyl (C=O) groups is 2. The molecular formula is C12H8O3S2. The summed E-state index contributed by atoms with van der Waals surface area (Å²) in [6.07, 6.45) is 5.06. The van der Waals surface area contributed by atoms with Crippen molar-refractivity contribution in [3.63, 3.8) is 0 Å². The van der Waals surface area contributed by atoms with Gasteiger partial charge in [0, 0.05) is 11.8 Å². The zero-order valence-electron chi connectivity index (χ0n) is 8.71. The van der Waals surface area contributed by atoms with E-state index >= 15 is 0 Å². The second kappa shape index (κ2) is 3.03. The fourth-order valence-corrected chi connectivity index (χ4v) is 5.55. The van der Waals surface area contributed by atoms with Crippen molar-refractivity contribution in [2.24, 2.45) is 23.7 Å². The minimum absolute atomic E-state index is 0.0322. The maximum atomic E-state index is 12.3. The van der Waals surface area contributed by atoms with Gasteiger partial charge in [0.2, 0.25) is 0 Å². The minimum atomic E-state index is -0.185. The van der Waals surface area contributed by atoms with Crippen LogP contribution in [0.15, 0.2) is 16.9 Å². The van der Waals surface area contributed by atoms with E-state index in [1.54, 1.807) is 0 Å². The Hall–Kier alpha value is -1.07. The first-order valence-corrected chi connectivity index (χ1v) is 7.21. The van der Waals surface area contributed by atoms with Crippen molar-refractivity contribution >= 4 is 34.2 Å². The molecule has 5 heteroatoms. The van der Waals surface area contributed by atoms with Gasteiger partial charge < -0.3 is 0 Å². The average Bonchev–Trinajstić information content (AvgIpc) is 2.97. The van der Waals surface area contributed by atoms with Gasteiger partial charge in [0.05, 0.1) is 9.75 Å². The molecule has 2 bridgehead atoms. The largest absolute Gasteiger partial charge is 0.293 e. The Morgan fingerprint density at radius 2 is 1.35 bits per heavy atom. The number of hydrogen-bond donors (Lipinski definition) is 0. The lowest BCUT2D eigenvalue weighted by molar-refractivity contribution is 0.0728. The van der Waals surface area contributed by atoms with E-state index in [2.05, 4.69) is 12.2 Å². The summed E-state index contributed by atoms with van der Waals surface area (Å²) < 4.78 is -0.142. The monoisotopic (exact) mass is 264 g/mol. The molecule has 0 aromatic carbocycles. The van der Waals surface area contributed by atoms with Crippen LogP contribution in [-0.2, 0) is 0 Å². The number of fused-ring (bicyclic) bond motifs is 6. The van der Waals surface area contributed by atoms with Crippen molar-refractivity contribution in [1.29, 1.82) is 0 Å². The number of Topliss-reactive ketones (excluding diaryl/α,β-unsaturated/α-hetero) is 2. The van der Waals surface area contributed by atoms with Gasteiger partial charge >= 0.3 is 0 Å². The van der Waals surface area contributed by atoms with Crippen LogP contribution in [0.25, 0.3) is 0 Å². The number of allylic oxidation sites excluding steroid dienone is 2. The topological polar surface area (TPSA) is 51.2 Å². The summed E-state index contributed by atoms with van der Waals surface area (Å²) in [5.74, 6) is 0.133. The Labute approximate surface area is 105 Å². The average molecular weight is 264 g/mol. The van der Waals surface area contributed by atoms with Gasteiger partial charge in [0.1, 0.15) is 0 Å². The molecule has 0 spiro atoms. The number of ketones is 2. The fourth-order valence-electron chi connectivity index (χ4n) is 3.44. The van der Waals surface area contributed by atoms with E-state index < -0.39 is 0 Å². The molecule has 0 radical (unpaired) electrons. The van der Waals surface area contributed by atoms with Gasteiger partial charge in [-0.3, -0.25) is 14.4 Å². The van der Waals surface area contributed by atoms with Gasteiger partial charge in [0.15, 0.2) is 11.6 Å². The van der Waals surface area contributed by atoms with Crippen molar-refractivity contribution in [3.05, 3.63) is 30.8 Å². The molecule has 0 aliphatic heterocycles. The number of rotatable bonds is 0. The first-order valence-electron chi connectivity index (χ1n) is 5.57. The Balaban J connectivity index is 1.96. The van der Waals surface area contributed by atoms with E-state index in [9.17, 15) is 14.4 Å². The maximum absolute atomic E-state index is 12.3. The molecule has 4 rings (SSSR count). The zero-order chi connectivity index (χ0) is 11.7. The lowest BCUT2D eigenvalue weighted by Gasteiger charge is -2.28. The second-order valence-corrected chi connectivity index (χ2v) is 7.07. The van der Waals surface area contributed by atoms with Crippen molar-refractivity contribution < 1.29 is 9.59 Å². The summed E-state index contributed by atoms with van der Waals surface area (Å²) in [5, 5.41) is 0. The molecule has 1 saturated carbocycles. The molecule has 1 fully saturated rings. The van der Waals surface area contributed by atoms with E-state index in [1.807, 2.05) is 0 Å². The molecule has 4 atom stereocenters. The third-order valence-corrected chi connectivity index (χ3v) is 6.27. The fraction of sp³-hybridized carbons (Fsp3) is 0.417. The molecule has 0 amide bonds. The molecule has 3 aliphatic carbocycles. The molecule has 4 unspecified atom stereocenters. The van der Waals surface area contributed by atoms with Crippen LogP contribution in [0.1, 0.15) is 25.8 Å². The van der Waals surface area contributed by atoms with Gasteiger partial charge in [-0.2, -0.15) is 0 Å². The summed E-state index contributed by atoms with van der Waals surface area (Å²) >= 11 is 1.89. The van der Waals surface area contributed by atoms with E-state index in [4.69, 9.17) is 0 Å². The molecular weight excluding hydrogens is 256 g/mol. The van der Waals surface area contributed by atoms with Crippen molar-refractivity contribution in [2.75, 3.05) is 0 Å². The molecule has 17 heavy (non-hydrogen) atoms. The van der Waals surface area contributed by atoms with E-state index in [0.29, 0.717) is 9.75 Å². The summed E-state index contributed by atoms with van der Waals surface area (Å²) in [6, 6.07) is 0. The van der Waals surface area contributed by atoms with Crippen LogP contribution in [0.2, 0.25) is 0 Å². The lowest BCUT2D eigenvalue weighted by atomic mass is 9.74. The molecule has 1 aromatic rings. The molecule has 3 aliphatic rings. The Morgan fingerprint density at radius 3 is 1.82 bits per heavy atom. The molecule has 86 valence electrons. The highest BCUT2D eigenvalue weighted by Crippen LogP contribution is 2.53. The van der Waals surface area contributed by atoms with Gasteiger partial charge in [-0.25, -0.2) is 0 Å². The molecule has 0 N–H and O–H groups in total. The quantitative estimate of drug-likeness (QED) is 0.673.